The van der Waals surface area contributed by atoms with Gasteiger partial charge in [0.05, 0.1) is 18.9 Å². The number of ketones is 1. The van der Waals surface area contributed by atoms with E-state index in [-0.39, 0.29) is 11.8 Å². The summed E-state index contributed by atoms with van der Waals surface area (Å²) in [5.74, 6) is 1.32. The lowest BCUT2D eigenvalue weighted by molar-refractivity contribution is -0.00455. The number of Topliss-reactive ketones (excluding diaryl/α,β-unsaturated/α-hetero) is 1. The van der Waals surface area contributed by atoms with Gasteiger partial charge in [-0.15, -0.1) is 0 Å². The summed E-state index contributed by atoms with van der Waals surface area (Å²) in [5, 5.41) is 9.12. The lowest BCUT2D eigenvalue weighted by Crippen LogP contribution is -2.45. The van der Waals surface area contributed by atoms with E-state index in [1.165, 1.54) is 10.8 Å². The molecule has 0 saturated carbocycles. The highest BCUT2D eigenvalue weighted by atomic mass is 16.5. The van der Waals surface area contributed by atoms with Crippen molar-refractivity contribution in [2.24, 2.45) is 5.10 Å². The van der Waals surface area contributed by atoms with E-state index in [2.05, 4.69) is 36.4 Å². The van der Waals surface area contributed by atoms with Gasteiger partial charge in [-0.25, -0.2) is 5.01 Å². The quantitative estimate of drug-likeness (QED) is 0.392. The molecule has 33 heavy (non-hydrogen) atoms. The maximum absolute atomic E-state index is 13.5. The van der Waals surface area contributed by atoms with Crippen molar-refractivity contribution in [2.45, 2.75) is 18.7 Å². The van der Waals surface area contributed by atoms with Crippen molar-refractivity contribution >= 4 is 22.3 Å². The first-order valence-electron chi connectivity index (χ1n) is 11.0. The van der Waals surface area contributed by atoms with Gasteiger partial charge in [0.15, 0.2) is 0 Å². The molecule has 5 nitrogen and oxygen atoms in total. The predicted octanol–water partition coefficient (Wildman–Crippen LogP) is 5.60. The Labute approximate surface area is 191 Å². The summed E-state index contributed by atoms with van der Waals surface area (Å²) in [6, 6.07) is 29.7. The number of hydrazone groups is 1. The van der Waals surface area contributed by atoms with Crippen molar-refractivity contribution < 1.29 is 14.3 Å². The second kappa shape index (κ2) is 7.78. The minimum atomic E-state index is -0.823. The van der Waals surface area contributed by atoms with E-state index in [0.717, 1.165) is 22.6 Å². The molecule has 0 N–H and O–H groups in total. The average Bonchev–Trinajstić information content (AvgIpc) is 3.33. The van der Waals surface area contributed by atoms with Crippen LogP contribution in [0.5, 0.6) is 11.5 Å². The SMILES string of the molecule is COc1ccc(C(=O)[C@@H]2Oc3ccccc3[C@H]3CC(c4ccc5ccccc5c4)=NN32)cc1. The maximum Gasteiger partial charge on any atom is 0.251 e. The van der Waals surface area contributed by atoms with Gasteiger partial charge in [-0.1, -0.05) is 54.6 Å². The first-order valence-corrected chi connectivity index (χ1v) is 11.0. The number of hydrogen-bond donors (Lipinski definition) is 0. The molecule has 0 aliphatic carbocycles. The van der Waals surface area contributed by atoms with Gasteiger partial charge < -0.3 is 9.47 Å². The molecular formula is C28H22N2O3. The third-order valence-corrected chi connectivity index (χ3v) is 6.38. The molecule has 0 amide bonds. The average molecular weight is 434 g/mol. The monoisotopic (exact) mass is 434 g/mol. The maximum atomic E-state index is 13.5. The number of para-hydroxylation sites is 1. The largest absolute Gasteiger partial charge is 0.497 e. The van der Waals surface area contributed by atoms with Crippen LogP contribution in [0.3, 0.4) is 0 Å². The van der Waals surface area contributed by atoms with E-state index in [4.69, 9.17) is 14.6 Å². The predicted molar refractivity (Wildman–Crippen MR) is 128 cm³/mol. The Kier molecular flexibility index (Phi) is 4.61. The van der Waals surface area contributed by atoms with Crippen LogP contribution in [0.2, 0.25) is 0 Å². The summed E-state index contributed by atoms with van der Waals surface area (Å²) in [6.45, 7) is 0. The number of methoxy groups -OCH3 is 1. The Morgan fingerprint density at radius 1 is 0.939 bits per heavy atom. The molecule has 4 aromatic rings. The first-order chi connectivity index (χ1) is 16.2. The molecule has 5 heteroatoms. The minimum Gasteiger partial charge on any atom is -0.497 e. The first kappa shape index (κ1) is 19.6. The highest BCUT2D eigenvalue weighted by Crippen LogP contribution is 2.43. The van der Waals surface area contributed by atoms with Crippen LogP contribution >= 0.6 is 0 Å². The summed E-state index contributed by atoms with van der Waals surface area (Å²) < 4.78 is 11.4. The van der Waals surface area contributed by atoms with Crippen LogP contribution < -0.4 is 9.47 Å². The standard InChI is InChI=1S/C28H22N2O3/c1-32-22-14-12-19(13-15-22)27(31)28-30-25(23-8-4-5-9-26(23)33-28)17-24(29-30)21-11-10-18-6-2-3-7-20(18)16-21/h2-16,25,28H,17H2,1H3/t25-,28+/m1/s1. The molecule has 0 spiro atoms. The van der Waals surface area contributed by atoms with Gasteiger partial charge in [-0.05, 0) is 52.7 Å². The van der Waals surface area contributed by atoms with Crippen molar-refractivity contribution in [1.29, 1.82) is 0 Å². The van der Waals surface area contributed by atoms with Gasteiger partial charge in [0.2, 0.25) is 5.78 Å². The number of ether oxygens (including phenoxy) is 2. The highest BCUT2D eigenvalue weighted by Gasteiger charge is 2.43. The number of benzene rings is 4. The Hall–Kier alpha value is -4.12. The topological polar surface area (TPSA) is 51.1 Å². The number of nitrogens with zero attached hydrogens (tertiary/aromatic N) is 2. The number of hydrogen-bond acceptors (Lipinski definition) is 5. The molecular weight excluding hydrogens is 412 g/mol. The van der Waals surface area contributed by atoms with Crippen LogP contribution in [-0.2, 0) is 0 Å². The van der Waals surface area contributed by atoms with Gasteiger partial charge in [-0.3, -0.25) is 4.79 Å². The lowest BCUT2D eigenvalue weighted by Gasteiger charge is -2.37. The Balaban J connectivity index is 1.40. The lowest BCUT2D eigenvalue weighted by atomic mass is 9.95. The molecule has 0 radical (unpaired) electrons. The van der Waals surface area contributed by atoms with E-state index in [1.807, 2.05) is 35.3 Å². The van der Waals surface area contributed by atoms with Crippen molar-refractivity contribution in [2.75, 3.05) is 7.11 Å². The van der Waals surface area contributed by atoms with Crippen molar-refractivity contribution in [1.82, 2.24) is 5.01 Å². The molecule has 0 bridgehead atoms. The van der Waals surface area contributed by atoms with E-state index >= 15 is 0 Å². The second-order valence-electron chi connectivity index (χ2n) is 8.31. The zero-order chi connectivity index (χ0) is 22.4. The van der Waals surface area contributed by atoms with E-state index in [1.54, 1.807) is 31.4 Å². The smallest absolute Gasteiger partial charge is 0.251 e. The number of fused-ring (bicyclic) bond motifs is 4. The molecule has 162 valence electrons. The number of carbonyl (C=O) groups is 1. The van der Waals surface area contributed by atoms with Crippen molar-refractivity contribution in [3.63, 3.8) is 0 Å². The molecule has 6 rings (SSSR count). The normalized spacial score (nSPS) is 18.8. The summed E-state index contributed by atoms with van der Waals surface area (Å²) in [6.07, 6.45) is -0.110. The molecule has 2 heterocycles. The summed E-state index contributed by atoms with van der Waals surface area (Å²) in [4.78, 5) is 13.5. The van der Waals surface area contributed by atoms with Crippen molar-refractivity contribution in [3.05, 3.63) is 108 Å². The van der Waals surface area contributed by atoms with Crippen LogP contribution in [0.15, 0.2) is 96.1 Å². The Bertz CT molecular complexity index is 1390. The fraction of sp³-hybridized carbons (Fsp3) is 0.143. The fourth-order valence-electron chi connectivity index (χ4n) is 4.65. The fourth-order valence-corrected chi connectivity index (χ4v) is 4.65. The van der Waals surface area contributed by atoms with Gasteiger partial charge >= 0.3 is 0 Å². The second-order valence-corrected chi connectivity index (χ2v) is 8.31. The van der Waals surface area contributed by atoms with E-state index in [9.17, 15) is 4.79 Å². The third-order valence-electron chi connectivity index (χ3n) is 6.38. The van der Waals surface area contributed by atoms with Crippen LogP contribution in [0.25, 0.3) is 10.8 Å². The Morgan fingerprint density at radius 2 is 1.70 bits per heavy atom. The zero-order valence-corrected chi connectivity index (χ0v) is 18.1. The zero-order valence-electron chi connectivity index (χ0n) is 18.1. The third kappa shape index (κ3) is 3.33. The molecule has 4 aromatic carbocycles. The minimum absolute atomic E-state index is 0.0522. The molecule has 0 fully saturated rings. The van der Waals surface area contributed by atoms with E-state index in [0.29, 0.717) is 17.7 Å². The van der Waals surface area contributed by atoms with Crippen LogP contribution in [-0.4, -0.2) is 29.8 Å². The molecule has 2 atom stereocenters. The van der Waals surface area contributed by atoms with Crippen LogP contribution in [0.4, 0.5) is 0 Å². The van der Waals surface area contributed by atoms with Gasteiger partial charge in [0, 0.05) is 17.5 Å². The molecule has 0 aromatic heterocycles. The number of rotatable bonds is 4. The molecule has 0 saturated heterocycles. The van der Waals surface area contributed by atoms with Gasteiger partial charge in [0.1, 0.15) is 11.5 Å². The summed E-state index contributed by atoms with van der Waals surface area (Å²) in [5.41, 5.74) is 3.64. The molecule has 2 aliphatic heterocycles. The summed E-state index contributed by atoms with van der Waals surface area (Å²) in [7, 11) is 1.61. The van der Waals surface area contributed by atoms with Gasteiger partial charge in [-0.2, -0.15) is 5.10 Å². The number of carbonyl (C=O) groups excluding carboxylic acids is 1. The Morgan fingerprint density at radius 3 is 2.52 bits per heavy atom. The van der Waals surface area contributed by atoms with Crippen molar-refractivity contribution in [3.8, 4) is 11.5 Å². The van der Waals surface area contributed by atoms with Gasteiger partial charge in [0.25, 0.3) is 6.23 Å². The van der Waals surface area contributed by atoms with Crippen LogP contribution in [0, 0.1) is 0 Å². The van der Waals surface area contributed by atoms with Crippen LogP contribution in [0.1, 0.15) is 33.9 Å². The highest BCUT2D eigenvalue weighted by molar-refractivity contribution is 6.05. The molecule has 0 unspecified atom stereocenters. The molecule has 2 aliphatic rings. The summed E-state index contributed by atoms with van der Waals surface area (Å²) >= 11 is 0. The van der Waals surface area contributed by atoms with E-state index < -0.39 is 6.23 Å².